The smallest absolute Gasteiger partial charge is 0.414 e. The minimum atomic E-state index is -0.296. The minimum absolute atomic E-state index is 0.0737. The molecule has 0 aliphatic carbocycles. The highest BCUT2D eigenvalue weighted by Gasteiger charge is 2.30. The lowest BCUT2D eigenvalue weighted by atomic mass is 10.2. The molecule has 0 aromatic heterocycles. The van der Waals surface area contributed by atoms with Gasteiger partial charge in [-0.3, -0.25) is 4.90 Å². The molecular formula is C11H13NO3. The maximum atomic E-state index is 11.4. The Morgan fingerprint density at radius 3 is 2.93 bits per heavy atom. The Balaban J connectivity index is 2.31. The van der Waals surface area contributed by atoms with Gasteiger partial charge in [-0.05, 0) is 19.1 Å². The number of carbonyl (C=O) groups is 1. The Morgan fingerprint density at radius 2 is 2.33 bits per heavy atom. The molecule has 1 saturated heterocycles. The number of hydrogen-bond donors (Lipinski definition) is 0. The van der Waals surface area contributed by atoms with E-state index in [9.17, 15) is 4.79 Å². The lowest BCUT2D eigenvalue weighted by Crippen LogP contribution is -2.30. The van der Waals surface area contributed by atoms with Crippen LogP contribution in [0.3, 0.4) is 0 Å². The number of carbonyl (C=O) groups excluding carboxylic acids is 1. The third kappa shape index (κ3) is 1.75. The standard InChI is InChI=1S/C11H13NO3/c1-8-7-15-11(13)12(8)9-4-3-5-10(6-9)14-2/h3-6,8H,7H2,1-2H3. The number of nitrogens with zero attached hydrogens (tertiary/aromatic N) is 1. The van der Waals surface area contributed by atoms with E-state index in [1.807, 2.05) is 31.2 Å². The maximum absolute atomic E-state index is 11.4. The van der Waals surface area contributed by atoms with Gasteiger partial charge in [0.25, 0.3) is 0 Å². The van der Waals surface area contributed by atoms with Crippen molar-refractivity contribution < 1.29 is 14.3 Å². The van der Waals surface area contributed by atoms with Crippen LogP contribution in [0.1, 0.15) is 6.92 Å². The fraction of sp³-hybridized carbons (Fsp3) is 0.364. The summed E-state index contributed by atoms with van der Waals surface area (Å²) < 4.78 is 10.1. The molecule has 1 fully saturated rings. The average molecular weight is 207 g/mol. The zero-order valence-corrected chi connectivity index (χ0v) is 8.77. The van der Waals surface area contributed by atoms with Crippen molar-refractivity contribution >= 4 is 11.8 Å². The second-order valence-corrected chi connectivity index (χ2v) is 3.50. The molecule has 1 aromatic rings. The summed E-state index contributed by atoms with van der Waals surface area (Å²) in [6.45, 7) is 2.39. The Hall–Kier alpha value is -1.71. The summed E-state index contributed by atoms with van der Waals surface area (Å²) >= 11 is 0. The average Bonchev–Trinajstić information content (AvgIpc) is 2.59. The first-order valence-electron chi connectivity index (χ1n) is 4.82. The van der Waals surface area contributed by atoms with Gasteiger partial charge in [-0.1, -0.05) is 6.07 Å². The summed E-state index contributed by atoms with van der Waals surface area (Å²) in [6.07, 6.45) is -0.296. The van der Waals surface area contributed by atoms with Gasteiger partial charge >= 0.3 is 6.09 Å². The highest BCUT2D eigenvalue weighted by molar-refractivity contribution is 5.90. The highest BCUT2D eigenvalue weighted by atomic mass is 16.6. The maximum Gasteiger partial charge on any atom is 0.414 e. The molecule has 1 heterocycles. The van der Waals surface area contributed by atoms with Crippen molar-refractivity contribution in [2.75, 3.05) is 18.6 Å². The van der Waals surface area contributed by atoms with Crippen molar-refractivity contribution in [3.8, 4) is 5.75 Å². The van der Waals surface area contributed by atoms with E-state index in [4.69, 9.17) is 9.47 Å². The molecular weight excluding hydrogens is 194 g/mol. The SMILES string of the molecule is COc1cccc(N2C(=O)OCC2C)c1. The Labute approximate surface area is 88.4 Å². The quantitative estimate of drug-likeness (QED) is 0.744. The number of benzene rings is 1. The Bertz CT molecular complexity index is 378. The zero-order chi connectivity index (χ0) is 10.8. The third-order valence-corrected chi connectivity index (χ3v) is 2.42. The van der Waals surface area contributed by atoms with Crippen LogP contribution in [0.15, 0.2) is 24.3 Å². The molecule has 80 valence electrons. The molecule has 1 aliphatic heterocycles. The topological polar surface area (TPSA) is 38.8 Å². The number of hydrogen-bond acceptors (Lipinski definition) is 3. The van der Waals surface area contributed by atoms with E-state index in [0.29, 0.717) is 6.61 Å². The minimum Gasteiger partial charge on any atom is -0.497 e. The summed E-state index contributed by atoms with van der Waals surface area (Å²) in [4.78, 5) is 13.1. The van der Waals surface area contributed by atoms with Crippen molar-refractivity contribution in [1.29, 1.82) is 0 Å². The van der Waals surface area contributed by atoms with E-state index in [1.165, 1.54) is 0 Å². The molecule has 0 radical (unpaired) electrons. The molecule has 0 spiro atoms. The van der Waals surface area contributed by atoms with Crippen molar-refractivity contribution in [2.45, 2.75) is 13.0 Å². The van der Waals surface area contributed by atoms with Gasteiger partial charge in [0.1, 0.15) is 12.4 Å². The molecule has 1 aromatic carbocycles. The molecule has 1 atom stereocenters. The van der Waals surface area contributed by atoms with E-state index in [2.05, 4.69) is 0 Å². The van der Waals surface area contributed by atoms with Crippen molar-refractivity contribution in [3.63, 3.8) is 0 Å². The molecule has 1 unspecified atom stereocenters. The van der Waals surface area contributed by atoms with Crippen molar-refractivity contribution in [3.05, 3.63) is 24.3 Å². The van der Waals surface area contributed by atoms with Crippen molar-refractivity contribution in [2.24, 2.45) is 0 Å². The third-order valence-electron chi connectivity index (χ3n) is 2.42. The van der Waals surface area contributed by atoms with Gasteiger partial charge in [-0.25, -0.2) is 4.79 Å². The molecule has 0 bridgehead atoms. The summed E-state index contributed by atoms with van der Waals surface area (Å²) in [5.41, 5.74) is 0.810. The lowest BCUT2D eigenvalue weighted by molar-refractivity contribution is 0.179. The van der Waals surface area contributed by atoms with Crippen LogP contribution < -0.4 is 9.64 Å². The van der Waals surface area contributed by atoms with Gasteiger partial charge < -0.3 is 9.47 Å². The molecule has 0 N–H and O–H groups in total. The van der Waals surface area contributed by atoms with Gasteiger partial charge in [-0.2, -0.15) is 0 Å². The second-order valence-electron chi connectivity index (χ2n) is 3.50. The molecule has 4 nitrogen and oxygen atoms in total. The number of ether oxygens (including phenoxy) is 2. The van der Waals surface area contributed by atoms with E-state index >= 15 is 0 Å². The number of methoxy groups -OCH3 is 1. The van der Waals surface area contributed by atoms with Crippen LogP contribution in [-0.2, 0) is 4.74 Å². The largest absolute Gasteiger partial charge is 0.497 e. The van der Waals surface area contributed by atoms with Gasteiger partial charge in [-0.15, -0.1) is 0 Å². The number of cyclic esters (lactones) is 1. The van der Waals surface area contributed by atoms with Crippen LogP contribution in [0, 0.1) is 0 Å². The van der Waals surface area contributed by atoms with Gasteiger partial charge in [0.15, 0.2) is 0 Å². The van der Waals surface area contributed by atoms with E-state index in [0.717, 1.165) is 11.4 Å². The van der Waals surface area contributed by atoms with E-state index in [-0.39, 0.29) is 12.1 Å². The predicted octanol–water partition coefficient (Wildman–Crippen LogP) is 2.04. The highest BCUT2D eigenvalue weighted by Crippen LogP contribution is 2.26. The number of amides is 1. The first-order chi connectivity index (χ1) is 7.22. The normalized spacial score (nSPS) is 20.3. The predicted molar refractivity (Wildman–Crippen MR) is 56.3 cm³/mol. The number of rotatable bonds is 2. The van der Waals surface area contributed by atoms with Crippen LogP contribution in [0.25, 0.3) is 0 Å². The van der Waals surface area contributed by atoms with E-state index in [1.54, 1.807) is 12.0 Å². The summed E-state index contributed by atoms with van der Waals surface area (Å²) in [5, 5.41) is 0. The van der Waals surface area contributed by atoms with Gasteiger partial charge in [0.05, 0.1) is 18.8 Å². The van der Waals surface area contributed by atoms with E-state index < -0.39 is 0 Å². The fourth-order valence-corrected chi connectivity index (χ4v) is 1.64. The number of anilines is 1. The van der Waals surface area contributed by atoms with Crippen LogP contribution in [-0.4, -0.2) is 25.9 Å². The fourth-order valence-electron chi connectivity index (χ4n) is 1.64. The van der Waals surface area contributed by atoms with Gasteiger partial charge in [0.2, 0.25) is 0 Å². The van der Waals surface area contributed by atoms with Crippen LogP contribution in [0.2, 0.25) is 0 Å². The molecule has 15 heavy (non-hydrogen) atoms. The van der Waals surface area contributed by atoms with Crippen molar-refractivity contribution in [1.82, 2.24) is 0 Å². The van der Waals surface area contributed by atoms with Crippen LogP contribution in [0.4, 0.5) is 10.5 Å². The second kappa shape index (κ2) is 3.81. The van der Waals surface area contributed by atoms with Crippen LogP contribution >= 0.6 is 0 Å². The van der Waals surface area contributed by atoms with Crippen LogP contribution in [0.5, 0.6) is 5.75 Å². The molecule has 1 aliphatic rings. The van der Waals surface area contributed by atoms with Gasteiger partial charge in [0, 0.05) is 6.07 Å². The first kappa shape index (κ1) is 9.83. The molecule has 4 heteroatoms. The summed E-state index contributed by atoms with van der Waals surface area (Å²) in [6, 6.07) is 7.46. The summed E-state index contributed by atoms with van der Waals surface area (Å²) in [7, 11) is 1.60. The zero-order valence-electron chi connectivity index (χ0n) is 8.77. The lowest BCUT2D eigenvalue weighted by Gasteiger charge is -2.18. The molecule has 0 saturated carbocycles. The first-order valence-corrected chi connectivity index (χ1v) is 4.82. The monoisotopic (exact) mass is 207 g/mol. The molecule has 2 rings (SSSR count). The Kier molecular flexibility index (Phi) is 2.49. The summed E-state index contributed by atoms with van der Waals surface area (Å²) in [5.74, 6) is 0.736. The molecule has 1 amide bonds. The Morgan fingerprint density at radius 1 is 1.53 bits per heavy atom.